The van der Waals surface area contributed by atoms with Gasteiger partial charge in [0, 0.05) is 18.0 Å². The van der Waals surface area contributed by atoms with Crippen molar-refractivity contribution in [3.8, 4) is 0 Å². The first-order valence-electron chi connectivity index (χ1n) is 5.36. The first-order chi connectivity index (χ1) is 7.42. The molecule has 3 nitrogen and oxygen atoms in total. The Morgan fingerprint density at radius 2 is 2.07 bits per heavy atom. The van der Waals surface area contributed by atoms with Crippen LogP contribution in [0, 0.1) is 0 Å². The molecule has 2 aromatic rings. The lowest BCUT2D eigenvalue weighted by Crippen LogP contribution is -2.16. The molecule has 15 heavy (non-hydrogen) atoms. The van der Waals surface area contributed by atoms with Gasteiger partial charge in [0.15, 0.2) is 0 Å². The van der Waals surface area contributed by atoms with Crippen LogP contribution in [-0.2, 0) is 6.54 Å². The van der Waals surface area contributed by atoms with Crippen LogP contribution in [-0.4, -0.2) is 16.2 Å². The van der Waals surface area contributed by atoms with Gasteiger partial charge in [0.05, 0.1) is 11.2 Å². The maximum atomic E-state index is 4.19. The number of hydrogen-bond donors (Lipinski definition) is 1. The quantitative estimate of drug-likeness (QED) is 0.820. The molecule has 0 saturated heterocycles. The molecule has 0 spiro atoms. The van der Waals surface area contributed by atoms with E-state index in [-0.39, 0.29) is 0 Å². The van der Waals surface area contributed by atoms with Crippen molar-refractivity contribution in [2.24, 2.45) is 0 Å². The fraction of sp³-hybridized carbons (Fsp3) is 0.333. The maximum Gasteiger partial charge on any atom is 0.0929 e. The van der Waals surface area contributed by atoms with Crippen molar-refractivity contribution in [3.63, 3.8) is 0 Å². The van der Waals surface area contributed by atoms with E-state index in [1.807, 2.05) is 18.2 Å². The number of nitrogens with zero attached hydrogens (tertiary/aromatic N) is 2. The predicted octanol–water partition coefficient (Wildman–Crippen LogP) is 1.88. The van der Waals surface area contributed by atoms with Crippen molar-refractivity contribution in [1.82, 2.24) is 15.5 Å². The Bertz CT molecular complexity index is 477. The van der Waals surface area contributed by atoms with Gasteiger partial charge < -0.3 is 5.32 Å². The fourth-order valence-corrected chi connectivity index (χ4v) is 1.65. The average molecular weight is 199 g/mol. The van der Waals surface area contributed by atoms with Gasteiger partial charge in [0.1, 0.15) is 0 Å². The zero-order chi connectivity index (χ0) is 10.1. The molecule has 0 aliphatic heterocycles. The summed E-state index contributed by atoms with van der Waals surface area (Å²) in [7, 11) is 0. The zero-order valence-electron chi connectivity index (χ0n) is 8.48. The maximum absolute atomic E-state index is 4.19. The number of hydrogen-bond acceptors (Lipinski definition) is 3. The number of aromatic nitrogens is 2. The molecule has 0 atom stereocenters. The first-order valence-corrected chi connectivity index (χ1v) is 5.36. The van der Waals surface area contributed by atoms with Gasteiger partial charge in [-0.1, -0.05) is 18.2 Å². The minimum Gasteiger partial charge on any atom is -0.308 e. The van der Waals surface area contributed by atoms with E-state index in [0.29, 0.717) is 0 Å². The van der Waals surface area contributed by atoms with Crippen LogP contribution in [0.15, 0.2) is 30.3 Å². The molecule has 76 valence electrons. The molecule has 1 saturated carbocycles. The van der Waals surface area contributed by atoms with Crippen LogP contribution < -0.4 is 5.32 Å². The average Bonchev–Trinajstić information content (AvgIpc) is 3.10. The van der Waals surface area contributed by atoms with Crippen LogP contribution in [0.5, 0.6) is 0 Å². The van der Waals surface area contributed by atoms with Crippen LogP contribution in [0.3, 0.4) is 0 Å². The number of rotatable bonds is 3. The van der Waals surface area contributed by atoms with Gasteiger partial charge in [0.2, 0.25) is 0 Å². The molecule has 1 aliphatic rings. The Morgan fingerprint density at radius 3 is 2.93 bits per heavy atom. The summed E-state index contributed by atoms with van der Waals surface area (Å²) in [6.45, 7) is 0.836. The highest BCUT2D eigenvalue weighted by Gasteiger charge is 2.20. The SMILES string of the molecule is c1ccc2nnc(CNC3CC3)cc2c1. The van der Waals surface area contributed by atoms with E-state index in [1.165, 1.54) is 18.2 Å². The second kappa shape index (κ2) is 3.59. The molecule has 0 amide bonds. The summed E-state index contributed by atoms with van der Waals surface area (Å²) in [5.74, 6) is 0. The van der Waals surface area contributed by atoms with Crippen LogP contribution in [0.2, 0.25) is 0 Å². The lowest BCUT2D eigenvalue weighted by Gasteiger charge is -2.02. The summed E-state index contributed by atoms with van der Waals surface area (Å²) in [4.78, 5) is 0. The van der Waals surface area contributed by atoms with Crippen molar-refractivity contribution >= 4 is 10.9 Å². The minimum atomic E-state index is 0.721. The van der Waals surface area contributed by atoms with Gasteiger partial charge in [-0.15, -0.1) is 0 Å². The van der Waals surface area contributed by atoms with Crippen LogP contribution in [0.4, 0.5) is 0 Å². The van der Waals surface area contributed by atoms with Crippen molar-refractivity contribution in [2.75, 3.05) is 0 Å². The summed E-state index contributed by atoms with van der Waals surface area (Å²) in [6.07, 6.45) is 2.61. The molecule has 1 N–H and O–H groups in total. The smallest absolute Gasteiger partial charge is 0.0929 e. The highest BCUT2D eigenvalue weighted by Crippen LogP contribution is 2.19. The van der Waals surface area contributed by atoms with Crippen LogP contribution >= 0.6 is 0 Å². The largest absolute Gasteiger partial charge is 0.308 e. The summed E-state index contributed by atoms with van der Waals surface area (Å²) < 4.78 is 0. The highest BCUT2D eigenvalue weighted by atomic mass is 15.1. The van der Waals surface area contributed by atoms with Crippen LogP contribution in [0.1, 0.15) is 18.5 Å². The molecule has 0 radical (unpaired) electrons. The molecule has 0 unspecified atom stereocenters. The monoisotopic (exact) mass is 199 g/mol. The van der Waals surface area contributed by atoms with Crippen molar-refractivity contribution in [2.45, 2.75) is 25.4 Å². The van der Waals surface area contributed by atoms with E-state index in [2.05, 4.69) is 27.6 Å². The third-order valence-electron chi connectivity index (χ3n) is 2.69. The van der Waals surface area contributed by atoms with Gasteiger partial charge in [0.25, 0.3) is 0 Å². The molecular formula is C12H13N3. The van der Waals surface area contributed by atoms with Gasteiger partial charge in [-0.2, -0.15) is 10.2 Å². The number of nitrogens with one attached hydrogen (secondary N) is 1. The third-order valence-corrected chi connectivity index (χ3v) is 2.69. The molecule has 3 rings (SSSR count). The van der Waals surface area contributed by atoms with E-state index >= 15 is 0 Å². The van der Waals surface area contributed by atoms with Crippen molar-refractivity contribution < 1.29 is 0 Å². The van der Waals surface area contributed by atoms with Gasteiger partial charge in [-0.25, -0.2) is 0 Å². The topological polar surface area (TPSA) is 37.8 Å². The number of benzene rings is 1. The van der Waals surface area contributed by atoms with Gasteiger partial charge in [-0.3, -0.25) is 0 Å². The molecule has 1 aromatic heterocycles. The number of fused-ring (bicyclic) bond motifs is 1. The Labute approximate surface area is 88.5 Å². The molecule has 1 heterocycles. The second-order valence-electron chi connectivity index (χ2n) is 4.05. The summed E-state index contributed by atoms with van der Waals surface area (Å²) >= 11 is 0. The molecule has 3 heteroatoms. The van der Waals surface area contributed by atoms with Crippen molar-refractivity contribution in [1.29, 1.82) is 0 Å². The van der Waals surface area contributed by atoms with Crippen molar-refractivity contribution in [3.05, 3.63) is 36.0 Å². The molecular weight excluding hydrogens is 186 g/mol. The van der Waals surface area contributed by atoms with Crippen LogP contribution in [0.25, 0.3) is 10.9 Å². The zero-order valence-corrected chi connectivity index (χ0v) is 8.48. The van der Waals surface area contributed by atoms with E-state index in [9.17, 15) is 0 Å². The summed E-state index contributed by atoms with van der Waals surface area (Å²) in [5, 5.41) is 13.0. The van der Waals surface area contributed by atoms with E-state index in [1.54, 1.807) is 0 Å². The Balaban J connectivity index is 1.84. The predicted molar refractivity (Wildman–Crippen MR) is 59.4 cm³/mol. The molecule has 0 bridgehead atoms. The second-order valence-corrected chi connectivity index (χ2v) is 4.05. The van der Waals surface area contributed by atoms with Gasteiger partial charge in [-0.05, 0) is 25.0 Å². The minimum absolute atomic E-state index is 0.721. The fourth-order valence-electron chi connectivity index (χ4n) is 1.65. The summed E-state index contributed by atoms with van der Waals surface area (Å²) in [6, 6.07) is 10.9. The lowest BCUT2D eigenvalue weighted by molar-refractivity contribution is 0.668. The molecule has 1 aliphatic carbocycles. The Morgan fingerprint density at radius 1 is 1.20 bits per heavy atom. The van der Waals surface area contributed by atoms with Gasteiger partial charge >= 0.3 is 0 Å². The Hall–Kier alpha value is -1.48. The standard InChI is InChI=1S/C12H13N3/c1-2-4-12-9(3-1)7-11(14-15-12)8-13-10-5-6-10/h1-4,7,10,13H,5-6,8H2. The Kier molecular flexibility index (Phi) is 2.10. The van der Waals surface area contributed by atoms with E-state index in [4.69, 9.17) is 0 Å². The summed E-state index contributed by atoms with van der Waals surface area (Å²) in [5.41, 5.74) is 1.99. The molecule has 1 aromatic carbocycles. The first kappa shape index (κ1) is 8.80. The van der Waals surface area contributed by atoms with E-state index < -0.39 is 0 Å². The lowest BCUT2D eigenvalue weighted by atomic mass is 10.2. The normalized spacial score (nSPS) is 15.7. The third kappa shape index (κ3) is 1.97. The highest BCUT2D eigenvalue weighted by molar-refractivity contribution is 5.77. The van der Waals surface area contributed by atoms with E-state index in [0.717, 1.165) is 23.8 Å². The molecule has 1 fully saturated rings.